The summed E-state index contributed by atoms with van der Waals surface area (Å²) in [6.45, 7) is 8.40. The number of rotatable bonds is 6. The summed E-state index contributed by atoms with van der Waals surface area (Å²) in [5.41, 5.74) is -0.443. The fraction of sp³-hybridized carbons (Fsp3) is 0.750. The van der Waals surface area contributed by atoms with Crippen molar-refractivity contribution in [2.45, 2.75) is 52.1 Å². The van der Waals surface area contributed by atoms with E-state index in [0.717, 1.165) is 19.4 Å². The molecule has 1 unspecified atom stereocenters. The van der Waals surface area contributed by atoms with E-state index in [1.54, 1.807) is 0 Å². The maximum absolute atomic E-state index is 11.6. The molecule has 0 aromatic heterocycles. The van der Waals surface area contributed by atoms with E-state index in [-0.39, 0.29) is 11.9 Å². The first-order chi connectivity index (χ1) is 6.93. The quantitative estimate of drug-likeness (QED) is 0.512. The summed E-state index contributed by atoms with van der Waals surface area (Å²) in [6, 6.07) is -0.257. The number of carbonyl (C=O) groups excluding carboxylic acids is 1. The fourth-order valence-electron chi connectivity index (χ4n) is 1.19. The number of amides is 1. The van der Waals surface area contributed by atoms with Gasteiger partial charge in [0.15, 0.2) is 0 Å². The van der Waals surface area contributed by atoms with Crippen molar-refractivity contribution < 1.29 is 4.79 Å². The van der Waals surface area contributed by atoms with Gasteiger partial charge >= 0.3 is 0 Å². The van der Waals surface area contributed by atoms with Crippen LogP contribution in [0.4, 0.5) is 0 Å². The summed E-state index contributed by atoms with van der Waals surface area (Å²) in [5.74, 6) is 2.61. The Morgan fingerprint density at radius 3 is 2.60 bits per heavy atom. The molecule has 3 heteroatoms. The highest BCUT2D eigenvalue weighted by molar-refractivity contribution is 5.81. The van der Waals surface area contributed by atoms with Gasteiger partial charge in [-0.15, -0.1) is 6.42 Å². The topological polar surface area (TPSA) is 41.1 Å². The van der Waals surface area contributed by atoms with Crippen molar-refractivity contribution in [2.75, 3.05) is 6.54 Å². The zero-order valence-corrected chi connectivity index (χ0v) is 10.2. The van der Waals surface area contributed by atoms with Crippen molar-refractivity contribution in [1.29, 1.82) is 0 Å². The Labute approximate surface area is 93.0 Å². The van der Waals surface area contributed by atoms with E-state index in [0.29, 0.717) is 0 Å². The monoisotopic (exact) mass is 210 g/mol. The van der Waals surface area contributed by atoms with Gasteiger partial charge in [-0.25, -0.2) is 0 Å². The maximum atomic E-state index is 11.6. The third kappa shape index (κ3) is 6.14. The van der Waals surface area contributed by atoms with Gasteiger partial charge in [-0.05, 0) is 27.2 Å². The van der Waals surface area contributed by atoms with E-state index in [2.05, 4.69) is 23.5 Å². The first-order valence-corrected chi connectivity index (χ1v) is 5.46. The lowest BCUT2D eigenvalue weighted by Crippen LogP contribution is -2.50. The van der Waals surface area contributed by atoms with E-state index in [9.17, 15) is 4.79 Å². The van der Waals surface area contributed by atoms with Crippen molar-refractivity contribution in [3.05, 3.63) is 0 Å². The van der Waals surface area contributed by atoms with E-state index < -0.39 is 5.54 Å². The average Bonchev–Trinajstić information content (AvgIpc) is 2.17. The minimum absolute atomic E-state index is 0.00627. The van der Waals surface area contributed by atoms with Gasteiger partial charge in [-0.3, -0.25) is 10.1 Å². The molecular formula is C12H22N2O. The van der Waals surface area contributed by atoms with Crippen molar-refractivity contribution in [3.8, 4) is 12.3 Å². The summed E-state index contributed by atoms with van der Waals surface area (Å²) >= 11 is 0. The molecule has 0 saturated carbocycles. The fourth-order valence-corrected chi connectivity index (χ4v) is 1.19. The second-order valence-electron chi connectivity index (χ2n) is 4.28. The Balaban J connectivity index is 3.95. The second kappa shape index (κ2) is 6.47. The number of terminal acetylenes is 1. The molecule has 1 atom stereocenters. The molecule has 3 nitrogen and oxygen atoms in total. The third-order valence-corrected chi connectivity index (χ3v) is 2.16. The molecule has 0 spiro atoms. The summed E-state index contributed by atoms with van der Waals surface area (Å²) in [5, 5.41) is 5.94. The van der Waals surface area contributed by atoms with Crippen LogP contribution in [0.3, 0.4) is 0 Å². The van der Waals surface area contributed by atoms with Gasteiger partial charge in [0.1, 0.15) is 0 Å². The van der Waals surface area contributed by atoms with Crippen LogP contribution in [0.5, 0.6) is 0 Å². The van der Waals surface area contributed by atoms with Crippen molar-refractivity contribution in [2.24, 2.45) is 0 Å². The Bertz CT molecular complexity index is 240. The van der Waals surface area contributed by atoms with Crippen molar-refractivity contribution in [3.63, 3.8) is 0 Å². The van der Waals surface area contributed by atoms with Gasteiger partial charge in [-0.2, -0.15) is 0 Å². The summed E-state index contributed by atoms with van der Waals surface area (Å²) in [6.07, 6.45) is 7.42. The molecule has 0 fully saturated rings. The van der Waals surface area contributed by atoms with Crippen molar-refractivity contribution >= 4 is 5.91 Å². The van der Waals surface area contributed by atoms with Crippen LogP contribution >= 0.6 is 0 Å². The van der Waals surface area contributed by atoms with Crippen LogP contribution in [0.1, 0.15) is 40.5 Å². The molecule has 86 valence electrons. The lowest BCUT2D eigenvalue weighted by molar-refractivity contribution is -0.123. The molecule has 0 radical (unpaired) electrons. The van der Waals surface area contributed by atoms with Gasteiger partial charge in [0.2, 0.25) is 5.91 Å². The molecule has 0 rings (SSSR count). The van der Waals surface area contributed by atoms with Crippen LogP contribution in [0.25, 0.3) is 0 Å². The van der Waals surface area contributed by atoms with E-state index >= 15 is 0 Å². The first-order valence-electron chi connectivity index (χ1n) is 5.46. The average molecular weight is 210 g/mol. The van der Waals surface area contributed by atoms with Gasteiger partial charge in [0.05, 0.1) is 11.6 Å². The molecule has 1 amide bonds. The lowest BCUT2D eigenvalue weighted by atomic mass is 10.1. The Morgan fingerprint density at radius 1 is 1.53 bits per heavy atom. The van der Waals surface area contributed by atoms with E-state index in [4.69, 9.17) is 6.42 Å². The largest absolute Gasteiger partial charge is 0.355 e. The van der Waals surface area contributed by atoms with Crippen molar-refractivity contribution in [1.82, 2.24) is 10.6 Å². The molecule has 0 aromatic rings. The number of unbranched alkanes of at least 4 members (excludes halogenated alkanes) is 1. The van der Waals surface area contributed by atoms with E-state index in [1.165, 1.54) is 0 Å². The van der Waals surface area contributed by atoms with Crippen LogP contribution in [-0.2, 0) is 4.79 Å². The third-order valence-electron chi connectivity index (χ3n) is 2.16. The molecule has 0 saturated heterocycles. The van der Waals surface area contributed by atoms with Crippen LogP contribution in [0.2, 0.25) is 0 Å². The van der Waals surface area contributed by atoms with Crippen LogP contribution < -0.4 is 10.6 Å². The molecule has 0 aliphatic heterocycles. The Morgan fingerprint density at radius 2 is 2.13 bits per heavy atom. The van der Waals surface area contributed by atoms with Gasteiger partial charge in [-0.1, -0.05) is 19.3 Å². The van der Waals surface area contributed by atoms with Gasteiger partial charge < -0.3 is 5.32 Å². The zero-order valence-electron chi connectivity index (χ0n) is 10.2. The second-order valence-corrected chi connectivity index (χ2v) is 4.28. The predicted octanol–water partition coefficient (Wildman–Crippen LogP) is 1.29. The molecule has 0 bridgehead atoms. The minimum Gasteiger partial charge on any atom is -0.355 e. The smallest absolute Gasteiger partial charge is 0.236 e. The van der Waals surface area contributed by atoms with E-state index in [1.807, 2.05) is 20.8 Å². The molecule has 0 aromatic carbocycles. The highest BCUT2D eigenvalue weighted by Crippen LogP contribution is 2.01. The number of hydrogen-bond donors (Lipinski definition) is 2. The lowest BCUT2D eigenvalue weighted by Gasteiger charge is -2.24. The van der Waals surface area contributed by atoms with Crippen LogP contribution in [0, 0.1) is 12.3 Å². The molecule has 0 heterocycles. The maximum Gasteiger partial charge on any atom is 0.236 e. The van der Waals surface area contributed by atoms with Crippen LogP contribution in [-0.4, -0.2) is 24.0 Å². The Hall–Kier alpha value is -1.01. The van der Waals surface area contributed by atoms with Crippen LogP contribution in [0.15, 0.2) is 0 Å². The molecule has 15 heavy (non-hydrogen) atoms. The first kappa shape index (κ1) is 14.0. The number of hydrogen-bond acceptors (Lipinski definition) is 2. The molecular weight excluding hydrogens is 188 g/mol. The van der Waals surface area contributed by atoms with Gasteiger partial charge in [0, 0.05) is 6.54 Å². The SMILES string of the molecule is C#CC(C)(C)NC(C)C(=O)NCCCC. The Kier molecular flexibility index (Phi) is 6.03. The standard InChI is InChI=1S/C12H22N2O/c1-6-8-9-13-11(15)10(3)14-12(4,5)7-2/h2,10,14H,6,8-9H2,1,3-5H3,(H,13,15). The molecule has 0 aliphatic rings. The summed E-state index contributed by atoms with van der Waals surface area (Å²) in [4.78, 5) is 11.6. The van der Waals surface area contributed by atoms with Gasteiger partial charge in [0.25, 0.3) is 0 Å². The highest BCUT2D eigenvalue weighted by Gasteiger charge is 2.20. The number of nitrogens with one attached hydrogen (secondary N) is 2. The molecule has 2 N–H and O–H groups in total. The highest BCUT2D eigenvalue weighted by atomic mass is 16.2. The summed E-state index contributed by atoms with van der Waals surface area (Å²) in [7, 11) is 0. The minimum atomic E-state index is -0.443. The normalized spacial score (nSPS) is 13.0. The molecule has 0 aliphatic carbocycles. The predicted molar refractivity (Wildman–Crippen MR) is 63.4 cm³/mol. The number of carbonyl (C=O) groups is 1. The zero-order chi connectivity index (χ0) is 11.9. The summed E-state index contributed by atoms with van der Waals surface area (Å²) < 4.78 is 0.